The summed E-state index contributed by atoms with van der Waals surface area (Å²) in [5.41, 5.74) is 8.63. The molecule has 0 aromatic heterocycles. The predicted octanol–water partition coefficient (Wildman–Crippen LogP) is 6.41. The Morgan fingerprint density at radius 2 is 1.61 bits per heavy atom. The highest BCUT2D eigenvalue weighted by atomic mass is 14.2. The van der Waals surface area contributed by atoms with E-state index in [0.29, 0.717) is 5.92 Å². The third-order valence-corrected chi connectivity index (χ3v) is 5.12. The van der Waals surface area contributed by atoms with Crippen molar-refractivity contribution >= 4 is 16.8 Å². The molecule has 4 rings (SSSR count). The van der Waals surface area contributed by atoms with Crippen molar-refractivity contribution in [1.29, 1.82) is 0 Å². The molecule has 0 radical (unpaired) electrons. The number of rotatable bonds is 2. The fourth-order valence-corrected chi connectivity index (χ4v) is 3.68. The Bertz CT molecular complexity index is 921. The summed E-state index contributed by atoms with van der Waals surface area (Å²) in [5.74, 6) is 0.613. The van der Waals surface area contributed by atoms with Crippen LogP contribution in [-0.2, 0) is 6.42 Å². The quantitative estimate of drug-likeness (QED) is 0.512. The molecule has 0 bridgehead atoms. The Hall–Kier alpha value is -2.34. The summed E-state index contributed by atoms with van der Waals surface area (Å²) in [6.45, 7) is 6.83. The van der Waals surface area contributed by atoms with Gasteiger partial charge in [0.25, 0.3) is 0 Å². The molecular formula is C23H22. The summed E-state index contributed by atoms with van der Waals surface area (Å²) in [7, 11) is 0. The summed E-state index contributed by atoms with van der Waals surface area (Å²) in [6.07, 6.45) is 3.54. The number of hydrogen-bond acceptors (Lipinski definition) is 0. The Kier molecular flexibility index (Phi) is 3.34. The minimum atomic E-state index is 0.613. The first-order valence-corrected chi connectivity index (χ1v) is 8.46. The molecule has 0 saturated carbocycles. The van der Waals surface area contributed by atoms with Gasteiger partial charge in [0.15, 0.2) is 0 Å². The molecule has 0 amide bonds. The fraction of sp³-hybridized carbons (Fsp3) is 0.217. The van der Waals surface area contributed by atoms with Gasteiger partial charge >= 0.3 is 0 Å². The summed E-state index contributed by atoms with van der Waals surface area (Å²) in [6, 6.07) is 19.9. The van der Waals surface area contributed by atoms with Gasteiger partial charge in [-0.1, -0.05) is 80.1 Å². The number of aryl methyl sites for hydroxylation is 1. The molecule has 0 spiro atoms. The maximum absolute atomic E-state index is 2.43. The van der Waals surface area contributed by atoms with Crippen LogP contribution in [0.2, 0.25) is 0 Å². The van der Waals surface area contributed by atoms with Gasteiger partial charge in [0.2, 0.25) is 0 Å². The standard InChI is InChI=1S/C23H22/c1-15(2)18-13-22-16(3)11-12-21(23(22)14-18)20-10-6-8-17-7-4-5-9-19(17)20/h4-12,14-15H,13H2,1-3H3. The average molecular weight is 298 g/mol. The van der Waals surface area contributed by atoms with Gasteiger partial charge in [0.1, 0.15) is 0 Å². The number of allylic oxidation sites excluding steroid dienone is 1. The monoisotopic (exact) mass is 298 g/mol. The van der Waals surface area contributed by atoms with Gasteiger partial charge in [-0.2, -0.15) is 0 Å². The molecule has 0 unspecified atom stereocenters. The van der Waals surface area contributed by atoms with Gasteiger partial charge < -0.3 is 0 Å². The smallest absolute Gasteiger partial charge is 0.00524 e. The van der Waals surface area contributed by atoms with Crippen molar-refractivity contribution in [3.05, 3.63) is 76.9 Å². The lowest BCUT2D eigenvalue weighted by atomic mass is 9.91. The molecule has 1 aliphatic rings. The van der Waals surface area contributed by atoms with Gasteiger partial charge in [-0.3, -0.25) is 0 Å². The molecule has 1 aliphatic carbocycles. The molecule has 3 aromatic rings. The van der Waals surface area contributed by atoms with Crippen molar-refractivity contribution < 1.29 is 0 Å². The third-order valence-electron chi connectivity index (χ3n) is 5.12. The summed E-state index contributed by atoms with van der Waals surface area (Å²) in [5, 5.41) is 2.65. The highest BCUT2D eigenvalue weighted by Crippen LogP contribution is 2.40. The zero-order valence-corrected chi connectivity index (χ0v) is 14.1. The number of fused-ring (bicyclic) bond motifs is 2. The van der Waals surface area contributed by atoms with Crippen LogP contribution >= 0.6 is 0 Å². The molecule has 0 saturated heterocycles. The minimum absolute atomic E-state index is 0.613. The van der Waals surface area contributed by atoms with E-state index in [4.69, 9.17) is 0 Å². The van der Waals surface area contributed by atoms with Crippen molar-refractivity contribution in [3.63, 3.8) is 0 Å². The molecule has 0 atom stereocenters. The van der Waals surface area contributed by atoms with Gasteiger partial charge in [0.05, 0.1) is 0 Å². The van der Waals surface area contributed by atoms with Gasteiger partial charge in [0, 0.05) is 0 Å². The maximum Gasteiger partial charge on any atom is -0.00524 e. The van der Waals surface area contributed by atoms with E-state index in [-0.39, 0.29) is 0 Å². The van der Waals surface area contributed by atoms with Crippen LogP contribution in [0.4, 0.5) is 0 Å². The summed E-state index contributed by atoms with van der Waals surface area (Å²) < 4.78 is 0. The van der Waals surface area contributed by atoms with Gasteiger partial charge in [-0.05, 0) is 57.9 Å². The maximum atomic E-state index is 2.43. The Morgan fingerprint density at radius 1 is 0.826 bits per heavy atom. The van der Waals surface area contributed by atoms with Crippen LogP contribution in [-0.4, -0.2) is 0 Å². The first-order chi connectivity index (χ1) is 11.1. The average Bonchev–Trinajstić information content (AvgIpc) is 3.01. The highest BCUT2D eigenvalue weighted by molar-refractivity contribution is 5.99. The topological polar surface area (TPSA) is 0 Å². The van der Waals surface area contributed by atoms with Crippen molar-refractivity contribution in [1.82, 2.24) is 0 Å². The lowest BCUT2D eigenvalue weighted by molar-refractivity contribution is 0.754. The molecule has 0 heterocycles. The van der Waals surface area contributed by atoms with Crippen LogP contribution in [0, 0.1) is 12.8 Å². The third kappa shape index (κ3) is 2.30. The van der Waals surface area contributed by atoms with E-state index < -0.39 is 0 Å². The second kappa shape index (κ2) is 5.38. The molecule has 0 nitrogen and oxygen atoms in total. The second-order valence-electron chi connectivity index (χ2n) is 6.90. The summed E-state index contributed by atoms with van der Waals surface area (Å²) >= 11 is 0. The van der Waals surface area contributed by atoms with E-state index in [1.807, 2.05) is 0 Å². The van der Waals surface area contributed by atoms with Crippen LogP contribution in [0.3, 0.4) is 0 Å². The first kappa shape index (κ1) is 14.3. The van der Waals surface area contributed by atoms with Crippen LogP contribution in [0.25, 0.3) is 28.0 Å². The lowest BCUT2D eigenvalue weighted by Crippen LogP contribution is -1.95. The largest absolute Gasteiger partial charge is 0.0626 e. The van der Waals surface area contributed by atoms with Crippen LogP contribution in [0.15, 0.2) is 60.2 Å². The van der Waals surface area contributed by atoms with Crippen molar-refractivity contribution in [2.75, 3.05) is 0 Å². The predicted molar refractivity (Wildman–Crippen MR) is 101 cm³/mol. The molecule has 3 aromatic carbocycles. The molecule has 114 valence electrons. The minimum Gasteiger partial charge on any atom is -0.0626 e. The van der Waals surface area contributed by atoms with Crippen LogP contribution < -0.4 is 0 Å². The second-order valence-corrected chi connectivity index (χ2v) is 6.90. The molecular weight excluding hydrogens is 276 g/mol. The van der Waals surface area contributed by atoms with E-state index in [1.54, 1.807) is 5.57 Å². The van der Waals surface area contributed by atoms with Crippen molar-refractivity contribution in [3.8, 4) is 11.1 Å². The zero-order valence-electron chi connectivity index (χ0n) is 14.1. The highest BCUT2D eigenvalue weighted by Gasteiger charge is 2.20. The number of hydrogen-bond donors (Lipinski definition) is 0. The van der Waals surface area contributed by atoms with E-state index >= 15 is 0 Å². The van der Waals surface area contributed by atoms with E-state index in [2.05, 4.69) is 81.4 Å². The van der Waals surface area contributed by atoms with Crippen LogP contribution in [0.5, 0.6) is 0 Å². The van der Waals surface area contributed by atoms with E-state index in [1.165, 1.54) is 38.6 Å². The van der Waals surface area contributed by atoms with E-state index in [0.717, 1.165) is 6.42 Å². The first-order valence-electron chi connectivity index (χ1n) is 8.46. The van der Waals surface area contributed by atoms with Gasteiger partial charge in [-0.25, -0.2) is 0 Å². The van der Waals surface area contributed by atoms with Crippen LogP contribution in [0.1, 0.15) is 30.5 Å². The molecule has 0 N–H and O–H groups in total. The fourth-order valence-electron chi connectivity index (χ4n) is 3.68. The van der Waals surface area contributed by atoms with E-state index in [9.17, 15) is 0 Å². The van der Waals surface area contributed by atoms with Gasteiger partial charge in [-0.15, -0.1) is 0 Å². The van der Waals surface area contributed by atoms with Crippen molar-refractivity contribution in [2.24, 2.45) is 5.92 Å². The molecule has 23 heavy (non-hydrogen) atoms. The normalized spacial score (nSPS) is 13.5. The molecule has 0 heteroatoms. The Labute approximate surface area is 138 Å². The lowest BCUT2D eigenvalue weighted by Gasteiger charge is -2.13. The number of benzene rings is 3. The zero-order chi connectivity index (χ0) is 16.0. The summed E-state index contributed by atoms with van der Waals surface area (Å²) in [4.78, 5) is 0. The molecule has 0 fully saturated rings. The Morgan fingerprint density at radius 3 is 2.43 bits per heavy atom. The van der Waals surface area contributed by atoms with Crippen molar-refractivity contribution in [2.45, 2.75) is 27.2 Å². The molecule has 0 aliphatic heterocycles. The SMILES string of the molecule is Cc1ccc(-c2cccc3ccccc23)c2c1CC(C(C)C)=C2. The Balaban J connectivity index is 1.99.